The molecule has 0 aliphatic carbocycles. The molecule has 0 saturated heterocycles. The lowest BCUT2D eigenvalue weighted by molar-refractivity contribution is -0.118. The van der Waals surface area contributed by atoms with E-state index in [1.165, 1.54) is 16.9 Å². The number of nitrogens with zero attached hydrogens (tertiary/aromatic N) is 1. The van der Waals surface area contributed by atoms with Gasteiger partial charge in [0, 0.05) is 10.9 Å². The molecule has 0 unspecified atom stereocenters. The summed E-state index contributed by atoms with van der Waals surface area (Å²) in [6.45, 7) is 9.20. The third-order valence-corrected chi connectivity index (χ3v) is 5.22. The zero-order chi connectivity index (χ0) is 21.6. The van der Waals surface area contributed by atoms with E-state index >= 15 is 0 Å². The molecule has 1 heterocycles. The van der Waals surface area contributed by atoms with Crippen LogP contribution in [0.3, 0.4) is 0 Å². The van der Waals surface area contributed by atoms with Crippen LogP contribution in [0, 0.1) is 0 Å². The van der Waals surface area contributed by atoms with Crippen LogP contribution >= 0.6 is 11.3 Å². The summed E-state index contributed by atoms with van der Waals surface area (Å²) in [5.41, 5.74) is 3.10. The van der Waals surface area contributed by atoms with E-state index < -0.39 is 0 Å². The molecule has 6 heteroatoms. The van der Waals surface area contributed by atoms with E-state index in [1.807, 2.05) is 53.9 Å². The van der Waals surface area contributed by atoms with Gasteiger partial charge in [-0.15, -0.1) is 11.3 Å². The smallest absolute Gasteiger partial charge is 0.264 e. The zero-order valence-corrected chi connectivity index (χ0v) is 18.7. The SMILES string of the molecule is CCCOc1ccc(-c2csc(NC(=O)COc3ccc(C(C)(C)C)cc3)n2)cc1. The number of ether oxygens (including phenoxy) is 2. The van der Waals surface area contributed by atoms with Crippen molar-refractivity contribution >= 4 is 22.4 Å². The largest absolute Gasteiger partial charge is 0.494 e. The highest BCUT2D eigenvalue weighted by Gasteiger charge is 2.13. The Morgan fingerprint density at radius 3 is 2.27 bits per heavy atom. The molecule has 5 nitrogen and oxygen atoms in total. The number of anilines is 1. The van der Waals surface area contributed by atoms with E-state index in [-0.39, 0.29) is 17.9 Å². The van der Waals surface area contributed by atoms with Gasteiger partial charge in [-0.2, -0.15) is 0 Å². The van der Waals surface area contributed by atoms with Crippen LogP contribution in [-0.2, 0) is 10.2 Å². The Balaban J connectivity index is 1.52. The molecular weight excluding hydrogens is 396 g/mol. The minimum absolute atomic E-state index is 0.0623. The van der Waals surface area contributed by atoms with Crippen LogP contribution in [0.2, 0.25) is 0 Å². The molecule has 0 spiro atoms. The average molecular weight is 425 g/mol. The van der Waals surface area contributed by atoms with Gasteiger partial charge in [-0.1, -0.05) is 39.8 Å². The third-order valence-electron chi connectivity index (χ3n) is 4.46. The number of aromatic nitrogens is 1. The number of hydrogen-bond donors (Lipinski definition) is 1. The van der Waals surface area contributed by atoms with Crippen molar-refractivity contribution in [2.75, 3.05) is 18.5 Å². The van der Waals surface area contributed by atoms with Crippen molar-refractivity contribution in [3.63, 3.8) is 0 Å². The fourth-order valence-electron chi connectivity index (χ4n) is 2.76. The quantitative estimate of drug-likeness (QED) is 0.488. The number of amides is 1. The normalized spacial score (nSPS) is 11.2. The maximum absolute atomic E-state index is 12.2. The van der Waals surface area contributed by atoms with Gasteiger partial charge in [0.2, 0.25) is 0 Å². The maximum Gasteiger partial charge on any atom is 0.264 e. The second-order valence-corrected chi connectivity index (χ2v) is 8.88. The van der Waals surface area contributed by atoms with Crippen molar-refractivity contribution in [3.05, 3.63) is 59.5 Å². The summed E-state index contributed by atoms with van der Waals surface area (Å²) < 4.78 is 11.2. The highest BCUT2D eigenvalue weighted by Crippen LogP contribution is 2.27. The van der Waals surface area contributed by atoms with Crippen molar-refractivity contribution in [2.45, 2.75) is 39.5 Å². The minimum Gasteiger partial charge on any atom is -0.494 e. The summed E-state index contributed by atoms with van der Waals surface area (Å²) >= 11 is 1.39. The first kappa shape index (κ1) is 21.8. The van der Waals surface area contributed by atoms with Crippen molar-refractivity contribution in [2.24, 2.45) is 0 Å². The Kier molecular flexibility index (Phi) is 7.11. The molecule has 30 heavy (non-hydrogen) atoms. The number of carbonyl (C=O) groups is 1. The molecule has 3 aromatic rings. The lowest BCUT2D eigenvalue weighted by atomic mass is 9.87. The van der Waals surface area contributed by atoms with Crippen LogP contribution in [0.1, 0.15) is 39.7 Å². The van der Waals surface area contributed by atoms with Gasteiger partial charge in [-0.05, 0) is 53.8 Å². The summed E-state index contributed by atoms with van der Waals surface area (Å²) in [7, 11) is 0. The summed E-state index contributed by atoms with van der Waals surface area (Å²) in [4.78, 5) is 16.7. The van der Waals surface area contributed by atoms with Crippen LogP contribution in [0.25, 0.3) is 11.3 Å². The Labute approximate surface area is 182 Å². The van der Waals surface area contributed by atoms with Crippen molar-refractivity contribution in [1.29, 1.82) is 0 Å². The average Bonchev–Trinajstić information content (AvgIpc) is 3.19. The molecule has 0 radical (unpaired) electrons. The minimum atomic E-state index is -0.237. The zero-order valence-electron chi connectivity index (χ0n) is 17.9. The molecule has 0 aliphatic rings. The van der Waals surface area contributed by atoms with Gasteiger partial charge in [0.15, 0.2) is 11.7 Å². The van der Waals surface area contributed by atoms with Gasteiger partial charge in [0.05, 0.1) is 12.3 Å². The predicted molar refractivity (Wildman–Crippen MR) is 123 cm³/mol. The molecule has 0 fully saturated rings. The van der Waals surface area contributed by atoms with Gasteiger partial charge in [0.1, 0.15) is 11.5 Å². The second kappa shape index (κ2) is 9.76. The highest BCUT2D eigenvalue weighted by molar-refractivity contribution is 7.14. The lowest BCUT2D eigenvalue weighted by Gasteiger charge is -2.19. The maximum atomic E-state index is 12.2. The monoisotopic (exact) mass is 424 g/mol. The lowest BCUT2D eigenvalue weighted by Crippen LogP contribution is -2.20. The van der Waals surface area contributed by atoms with Crippen molar-refractivity contribution < 1.29 is 14.3 Å². The summed E-state index contributed by atoms with van der Waals surface area (Å²) in [5.74, 6) is 1.28. The number of carbonyl (C=O) groups excluding carboxylic acids is 1. The van der Waals surface area contributed by atoms with Gasteiger partial charge in [-0.3, -0.25) is 10.1 Å². The molecule has 0 bridgehead atoms. The second-order valence-electron chi connectivity index (χ2n) is 8.02. The van der Waals surface area contributed by atoms with Crippen molar-refractivity contribution in [3.8, 4) is 22.8 Å². The number of thiazole rings is 1. The first-order chi connectivity index (χ1) is 14.3. The van der Waals surface area contributed by atoms with E-state index in [2.05, 4.69) is 38.0 Å². The molecule has 1 amide bonds. The first-order valence-corrected chi connectivity index (χ1v) is 10.9. The Hall–Kier alpha value is -2.86. The molecule has 0 atom stereocenters. The fourth-order valence-corrected chi connectivity index (χ4v) is 3.50. The molecule has 2 aromatic carbocycles. The molecule has 1 N–H and O–H groups in total. The number of hydrogen-bond acceptors (Lipinski definition) is 5. The predicted octanol–water partition coefficient (Wildman–Crippen LogP) is 5.91. The summed E-state index contributed by atoms with van der Waals surface area (Å²) in [5, 5.41) is 5.27. The first-order valence-electron chi connectivity index (χ1n) is 10.1. The Bertz CT molecular complexity index is 957. The van der Waals surface area contributed by atoms with Crippen LogP contribution < -0.4 is 14.8 Å². The van der Waals surface area contributed by atoms with Crippen molar-refractivity contribution in [1.82, 2.24) is 4.98 Å². The van der Waals surface area contributed by atoms with E-state index in [9.17, 15) is 4.79 Å². The van der Waals surface area contributed by atoms with E-state index in [0.717, 1.165) is 23.4 Å². The summed E-state index contributed by atoms with van der Waals surface area (Å²) in [6, 6.07) is 15.6. The third kappa shape index (κ3) is 6.07. The molecule has 0 aliphatic heterocycles. The van der Waals surface area contributed by atoms with Gasteiger partial charge >= 0.3 is 0 Å². The van der Waals surface area contributed by atoms with Crippen LogP contribution in [0.5, 0.6) is 11.5 Å². The Morgan fingerprint density at radius 2 is 1.63 bits per heavy atom. The Morgan fingerprint density at radius 1 is 1.00 bits per heavy atom. The van der Waals surface area contributed by atoms with Crippen LogP contribution in [0.4, 0.5) is 5.13 Å². The molecule has 3 rings (SSSR count). The van der Waals surface area contributed by atoms with E-state index in [0.29, 0.717) is 17.5 Å². The van der Waals surface area contributed by atoms with Gasteiger partial charge in [-0.25, -0.2) is 4.98 Å². The van der Waals surface area contributed by atoms with E-state index in [4.69, 9.17) is 9.47 Å². The highest BCUT2D eigenvalue weighted by atomic mass is 32.1. The number of benzene rings is 2. The number of nitrogens with one attached hydrogen (secondary N) is 1. The topological polar surface area (TPSA) is 60.5 Å². The van der Waals surface area contributed by atoms with Gasteiger partial charge < -0.3 is 9.47 Å². The molecular formula is C24H28N2O3S. The summed E-state index contributed by atoms with van der Waals surface area (Å²) in [6.07, 6.45) is 0.975. The molecule has 0 saturated carbocycles. The number of rotatable bonds is 8. The van der Waals surface area contributed by atoms with Crippen LogP contribution in [-0.4, -0.2) is 24.1 Å². The standard InChI is InChI=1S/C24H28N2O3S/c1-5-14-28-19-10-6-17(7-11-19)21-16-30-23(25-21)26-22(27)15-29-20-12-8-18(9-13-20)24(2,3)4/h6-13,16H,5,14-15H2,1-4H3,(H,25,26,27). The van der Waals surface area contributed by atoms with E-state index in [1.54, 1.807) is 0 Å². The van der Waals surface area contributed by atoms with Gasteiger partial charge in [0.25, 0.3) is 5.91 Å². The fraction of sp³-hybridized carbons (Fsp3) is 0.333. The molecule has 1 aromatic heterocycles. The van der Waals surface area contributed by atoms with Crippen LogP contribution in [0.15, 0.2) is 53.9 Å². The molecule has 158 valence electrons.